The fourth-order valence-corrected chi connectivity index (χ4v) is 2.31. The molecule has 0 aliphatic heterocycles. The molecule has 2 heterocycles. The van der Waals surface area contributed by atoms with E-state index < -0.39 is 12.0 Å². The number of aromatic amines is 1. The zero-order chi connectivity index (χ0) is 14.8. The Morgan fingerprint density at radius 3 is 2.95 bits per heavy atom. The van der Waals surface area contributed by atoms with Crippen molar-refractivity contribution in [3.8, 4) is 0 Å². The van der Waals surface area contributed by atoms with Crippen LogP contribution in [0.2, 0.25) is 0 Å². The molecule has 0 radical (unpaired) electrons. The number of H-pyrrole nitrogens is 1. The fourth-order valence-electron chi connectivity index (χ4n) is 2.31. The number of hydrogen-bond donors (Lipinski definition) is 3. The molecule has 7 nitrogen and oxygen atoms in total. The molecular formula is C14H16N4O3. The van der Waals surface area contributed by atoms with E-state index in [1.54, 1.807) is 18.3 Å². The molecule has 0 saturated heterocycles. The minimum Gasteiger partial charge on any atom is -0.480 e. The van der Waals surface area contributed by atoms with Crippen LogP contribution in [0.3, 0.4) is 0 Å². The largest absolute Gasteiger partial charge is 0.480 e. The monoisotopic (exact) mass is 288 g/mol. The number of nitrogens with one attached hydrogen (secondary N) is 2. The highest BCUT2D eigenvalue weighted by atomic mass is 16.4. The van der Waals surface area contributed by atoms with Crippen molar-refractivity contribution >= 4 is 11.9 Å². The second-order valence-electron chi connectivity index (χ2n) is 5.18. The molecule has 3 rings (SSSR count). The maximum atomic E-state index is 12.3. The fraction of sp³-hybridized carbons (Fsp3) is 0.357. The highest BCUT2D eigenvalue weighted by Crippen LogP contribution is 2.35. The number of aliphatic carboxylic acids is 1. The van der Waals surface area contributed by atoms with Crippen molar-refractivity contribution in [1.82, 2.24) is 19.9 Å². The van der Waals surface area contributed by atoms with Crippen LogP contribution in [0.4, 0.5) is 0 Å². The van der Waals surface area contributed by atoms with Gasteiger partial charge in [0.2, 0.25) is 0 Å². The lowest BCUT2D eigenvalue weighted by Crippen LogP contribution is -2.43. The molecule has 1 fully saturated rings. The summed E-state index contributed by atoms with van der Waals surface area (Å²) in [6.07, 6.45) is 7.18. The highest BCUT2D eigenvalue weighted by molar-refractivity contribution is 5.95. The number of carbonyl (C=O) groups is 2. The van der Waals surface area contributed by atoms with Gasteiger partial charge in [-0.2, -0.15) is 0 Å². The summed E-state index contributed by atoms with van der Waals surface area (Å²) in [6.45, 7) is 0. The first-order valence-corrected chi connectivity index (χ1v) is 6.83. The van der Waals surface area contributed by atoms with E-state index >= 15 is 0 Å². The summed E-state index contributed by atoms with van der Waals surface area (Å²) < 4.78 is 1.91. The molecule has 2 aromatic rings. The first-order valence-electron chi connectivity index (χ1n) is 6.83. The van der Waals surface area contributed by atoms with E-state index in [2.05, 4.69) is 15.3 Å². The van der Waals surface area contributed by atoms with Gasteiger partial charge in [-0.05, 0) is 25.0 Å². The van der Waals surface area contributed by atoms with Gasteiger partial charge in [0.25, 0.3) is 5.91 Å². The average molecular weight is 288 g/mol. The summed E-state index contributed by atoms with van der Waals surface area (Å²) in [5.41, 5.74) is 1.17. The molecule has 1 aliphatic rings. The Morgan fingerprint density at radius 2 is 2.33 bits per heavy atom. The van der Waals surface area contributed by atoms with Crippen molar-refractivity contribution in [1.29, 1.82) is 0 Å². The van der Waals surface area contributed by atoms with Gasteiger partial charge in [-0.25, -0.2) is 9.78 Å². The Labute approximate surface area is 121 Å². The third kappa shape index (κ3) is 2.96. The van der Waals surface area contributed by atoms with E-state index in [1.165, 1.54) is 6.33 Å². The van der Waals surface area contributed by atoms with Crippen LogP contribution in [0.15, 0.2) is 30.9 Å². The molecule has 1 amide bonds. The number of hydrogen-bond acceptors (Lipinski definition) is 3. The quantitative estimate of drug-likeness (QED) is 0.737. The van der Waals surface area contributed by atoms with Crippen molar-refractivity contribution in [2.45, 2.75) is 31.3 Å². The van der Waals surface area contributed by atoms with Crippen LogP contribution in [0.25, 0.3) is 0 Å². The van der Waals surface area contributed by atoms with E-state index in [4.69, 9.17) is 0 Å². The number of amides is 1. The summed E-state index contributed by atoms with van der Waals surface area (Å²) >= 11 is 0. The minimum absolute atomic E-state index is 0.172. The first kappa shape index (κ1) is 13.4. The molecule has 0 aromatic carbocycles. The zero-order valence-corrected chi connectivity index (χ0v) is 11.3. The van der Waals surface area contributed by atoms with Gasteiger partial charge in [0.15, 0.2) is 0 Å². The lowest BCUT2D eigenvalue weighted by atomic mass is 10.1. The molecule has 0 bridgehead atoms. The molecule has 1 aliphatic carbocycles. The second-order valence-corrected chi connectivity index (χ2v) is 5.18. The topological polar surface area (TPSA) is 100 Å². The van der Waals surface area contributed by atoms with Gasteiger partial charge in [0.05, 0.1) is 6.33 Å². The van der Waals surface area contributed by atoms with Gasteiger partial charge in [-0.15, -0.1) is 0 Å². The maximum absolute atomic E-state index is 12.3. The summed E-state index contributed by atoms with van der Waals surface area (Å²) in [5.74, 6) is -1.43. The molecule has 0 spiro atoms. The summed E-state index contributed by atoms with van der Waals surface area (Å²) in [6, 6.07) is 2.90. The number of carboxylic acid groups (broad SMARTS) is 1. The predicted molar refractivity (Wildman–Crippen MR) is 73.9 cm³/mol. The van der Waals surface area contributed by atoms with Gasteiger partial charge < -0.3 is 20.0 Å². The maximum Gasteiger partial charge on any atom is 0.326 e. The van der Waals surface area contributed by atoms with E-state index in [1.807, 2.05) is 10.8 Å². The number of aromatic nitrogens is 3. The number of imidazole rings is 1. The summed E-state index contributed by atoms with van der Waals surface area (Å²) in [4.78, 5) is 30.3. The van der Waals surface area contributed by atoms with Gasteiger partial charge >= 0.3 is 5.97 Å². The molecule has 1 atom stereocenters. The van der Waals surface area contributed by atoms with Crippen LogP contribution < -0.4 is 5.32 Å². The standard InChI is InChI=1S/C14H16N4O3/c19-13(12-2-1-5-18(12)10-3-4-10)17-11(14(20)21)6-9-7-15-8-16-9/h1-2,5,7-8,10-11H,3-4,6H2,(H,15,16)(H,17,19)(H,20,21). The normalized spacial score (nSPS) is 15.6. The Kier molecular flexibility index (Phi) is 3.47. The minimum atomic E-state index is -1.07. The second kappa shape index (κ2) is 5.43. The van der Waals surface area contributed by atoms with Crippen molar-refractivity contribution in [2.75, 3.05) is 0 Å². The van der Waals surface area contributed by atoms with Crippen molar-refractivity contribution in [3.63, 3.8) is 0 Å². The molecule has 1 saturated carbocycles. The Hall–Kier alpha value is -2.57. The van der Waals surface area contributed by atoms with E-state index in [0.29, 0.717) is 17.4 Å². The molecule has 7 heteroatoms. The number of carbonyl (C=O) groups excluding carboxylic acids is 1. The Morgan fingerprint density at radius 1 is 1.52 bits per heavy atom. The van der Waals surface area contributed by atoms with Crippen LogP contribution >= 0.6 is 0 Å². The smallest absolute Gasteiger partial charge is 0.326 e. The predicted octanol–water partition coefficient (Wildman–Crippen LogP) is 0.972. The van der Waals surface area contributed by atoms with Crippen molar-refractivity contribution in [2.24, 2.45) is 0 Å². The Balaban J connectivity index is 1.71. The highest BCUT2D eigenvalue weighted by Gasteiger charge is 2.28. The van der Waals surface area contributed by atoms with Gasteiger partial charge in [-0.3, -0.25) is 4.79 Å². The van der Waals surface area contributed by atoms with Crippen LogP contribution in [-0.2, 0) is 11.2 Å². The third-order valence-electron chi connectivity index (χ3n) is 3.53. The third-order valence-corrected chi connectivity index (χ3v) is 3.53. The van der Waals surface area contributed by atoms with Crippen molar-refractivity contribution in [3.05, 3.63) is 42.2 Å². The van der Waals surface area contributed by atoms with E-state index in [0.717, 1.165) is 12.8 Å². The molecule has 21 heavy (non-hydrogen) atoms. The van der Waals surface area contributed by atoms with Crippen molar-refractivity contribution < 1.29 is 14.7 Å². The summed E-state index contributed by atoms with van der Waals surface area (Å²) in [7, 11) is 0. The lowest BCUT2D eigenvalue weighted by Gasteiger charge is -2.15. The average Bonchev–Trinajstić information content (AvgIpc) is 2.98. The van der Waals surface area contributed by atoms with Gasteiger partial charge in [0, 0.05) is 30.6 Å². The van der Waals surface area contributed by atoms with Crippen LogP contribution in [-0.4, -0.2) is 37.6 Å². The first-order chi connectivity index (χ1) is 10.1. The molecule has 2 aromatic heterocycles. The number of nitrogens with zero attached hydrogens (tertiary/aromatic N) is 2. The van der Waals surface area contributed by atoms with E-state index in [9.17, 15) is 14.7 Å². The number of rotatable bonds is 6. The van der Waals surface area contributed by atoms with Crippen LogP contribution in [0.1, 0.15) is 35.1 Å². The zero-order valence-electron chi connectivity index (χ0n) is 11.3. The lowest BCUT2D eigenvalue weighted by molar-refractivity contribution is -0.139. The molecular weight excluding hydrogens is 272 g/mol. The van der Waals surface area contributed by atoms with Gasteiger partial charge in [0.1, 0.15) is 11.7 Å². The summed E-state index contributed by atoms with van der Waals surface area (Å²) in [5, 5.41) is 11.8. The molecule has 110 valence electrons. The van der Waals surface area contributed by atoms with Gasteiger partial charge in [-0.1, -0.05) is 0 Å². The molecule has 1 unspecified atom stereocenters. The van der Waals surface area contributed by atoms with E-state index in [-0.39, 0.29) is 12.3 Å². The molecule has 3 N–H and O–H groups in total. The Bertz CT molecular complexity index is 643. The van der Waals surface area contributed by atoms with Crippen LogP contribution in [0, 0.1) is 0 Å². The van der Waals surface area contributed by atoms with Crippen LogP contribution in [0.5, 0.6) is 0 Å². The SMILES string of the molecule is O=C(NC(Cc1cnc[nH]1)C(=O)O)c1cccn1C1CC1. The number of carboxylic acids is 1.